The number of carbonyl (C=O) groups excluding carboxylic acids is 1. The van der Waals surface area contributed by atoms with Crippen LogP contribution in [0, 0.1) is 0 Å². The lowest BCUT2D eigenvalue weighted by Gasteiger charge is -2.11. The highest BCUT2D eigenvalue weighted by Crippen LogP contribution is 2.19. The number of rotatable bonds is 4. The Labute approximate surface area is 101 Å². The number of esters is 1. The van der Waals surface area contributed by atoms with Gasteiger partial charge in [0.25, 0.3) is 0 Å². The molecule has 17 heavy (non-hydrogen) atoms. The minimum absolute atomic E-state index is 0.237. The lowest BCUT2D eigenvalue weighted by Crippen LogP contribution is -2.17. The monoisotopic (exact) mass is 235 g/mol. The first kappa shape index (κ1) is 13.4. The zero-order valence-corrected chi connectivity index (χ0v) is 10.3. The molecular weight excluding hydrogens is 218 g/mol. The maximum Gasteiger partial charge on any atom is 0.341 e. The van der Waals surface area contributed by atoms with Gasteiger partial charge in [0.15, 0.2) is 6.10 Å². The number of hydrogen-bond donors (Lipinski definition) is 1. The summed E-state index contributed by atoms with van der Waals surface area (Å²) in [5, 5.41) is 9.85. The Morgan fingerprint density at radius 2 is 2.29 bits per heavy atom. The lowest BCUT2D eigenvalue weighted by molar-refractivity contribution is -0.153. The Morgan fingerprint density at radius 3 is 2.88 bits per heavy atom. The lowest BCUT2D eigenvalue weighted by atomic mass is 10.1. The second kappa shape index (κ2) is 6.15. The number of aliphatic hydroxyl groups excluding tert-OH is 1. The summed E-state index contributed by atoms with van der Waals surface area (Å²) in [5.74, 6) is -0.672. The summed E-state index contributed by atoms with van der Waals surface area (Å²) in [7, 11) is 0. The molecule has 4 heteroatoms. The smallest absolute Gasteiger partial charge is 0.341 e. The highest BCUT2D eigenvalue weighted by molar-refractivity contribution is 5.77. The summed E-state index contributed by atoms with van der Waals surface area (Å²) in [6, 6.07) is 3.56. The van der Waals surface area contributed by atoms with Crippen LogP contribution >= 0.6 is 0 Å². The Hall–Kier alpha value is -1.68. The zero-order chi connectivity index (χ0) is 12.8. The summed E-state index contributed by atoms with van der Waals surface area (Å²) in [5.41, 5.74) is 2.12. The van der Waals surface area contributed by atoms with E-state index in [0.29, 0.717) is 5.69 Å². The van der Waals surface area contributed by atoms with Crippen LogP contribution in [0.15, 0.2) is 23.9 Å². The van der Waals surface area contributed by atoms with Gasteiger partial charge in [-0.1, -0.05) is 17.7 Å². The zero-order valence-electron chi connectivity index (χ0n) is 10.3. The van der Waals surface area contributed by atoms with E-state index >= 15 is 0 Å². The molecule has 0 aliphatic heterocycles. The molecule has 0 spiro atoms. The van der Waals surface area contributed by atoms with Crippen LogP contribution in [0.25, 0.3) is 6.08 Å². The number of aliphatic hydroxyl groups is 1. The van der Waals surface area contributed by atoms with Gasteiger partial charge >= 0.3 is 5.97 Å². The fraction of sp³-hybridized carbons (Fsp3) is 0.385. The molecule has 0 saturated heterocycles. The third-order valence-corrected chi connectivity index (χ3v) is 2.08. The van der Waals surface area contributed by atoms with Crippen LogP contribution in [0.2, 0.25) is 0 Å². The highest BCUT2D eigenvalue weighted by atomic mass is 16.5. The average Bonchev–Trinajstić information content (AvgIpc) is 2.28. The van der Waals surface area contributed by atoms with Gasteiger partial charge in [0.1, 0.15) is 0 Å². The summed E-state index contributed by atoms with van der Waals surface area (Å²) in [6.45, 7) is 5.81. The second-order valence-corrected chi connectivity index (χ2v) is 3.85. The number of ether oxygens (including phenoxy) is 1. The van der Waals surface area contributed by atoms with Crippen LogP contribution < -0.4 is 0 Å². The first-order valence-corrected chi connectivity index (χ1v) is 5.50. The van der Waals surface area contributed by atoms with Crippen molar-refractivity contribution in [3.05, 3.63) is 35.2 Å². The molecule has 1 unspecified atom stereocenters. The topological polar surface area (TPSA) is 59.4 Å². The molecule has 0 radical (unpaired) electrons. The fourth-order valence-electron chi connectivity index (χ4n) is 1.42. The fourth-order valence-corrected chi connectivity index (χ4v) is 1.42. The molecule has 92 valence electrons. The average molecular weight is 235 g/mol. The maximum atomic E-state index is 11.4. The molecule has 1 rings (SSSR count). The van der Waals surface area contributed by atoms with E-state index in [4.69, 9.17) is 4.74 Å². The van der Waals surface area contributed by atoms with Crippen molar-refractivity contribution in [1.29, 1.82) is 0 Å². The van der Waals surface area contributed by atoms with Crippen LogP contribution in [0.3, 0.4) is 0 Å². The second-order valence-electron chi connectivity index (χ2n) is 3.85. The van der Waals surface area contributed by atoms with Gasteiger partial charge < -0.3 is 9.84 Å². The van der Waals surface area contributed by atoms with E-state index in [-0.39, 0.29) is 6.61 Å². The predicted molar refractivity (Wildman–Crippen MR) is 65.2 cm³/mol. The molecule has 0 amide bonds. The Balaban J connectivity index is 3.04. The number of nitrogens with zero attached hydrogens (tertiary/aromatic N) is 1. The molecule has 1 N–H and O–H groups in total. The molecule has 1 atom stereocenters. The minimum Gasteiger partial charge on any atom is -0.464 e. The number of aromatic nitrogens is 1. The first-order valence-electron chi connectivity index (χ1n) is 5.50. The van der Waals surface area contributed by atoms with Gasteiger partial charge in [0.2, 0.25) is 0 Å². The molecule has 1 heterocycles. The summed E-state index contributed by atoms with van der Waals surface area (Å²) in [4.78, 5) is 15.5. The van der Waals surface area contributed by atoms with Gasteiger partial charge in [-0.15, -0.1) is 0 Å². The normalized spacial score (nSPS) is 11.8. The Morgan fingerprint density at radius 1 is 1.59 bits per heavy atom. The molecule has 0 aliphatic carbocycles. The van der Waals surface area contributed by atoms with Crippen molar-refractivity contribution < 1.29 is 14.6 Å². The number of allylic oxidation sites excluding steroid dienone is 1. The molecule has 1 aromatic rings. The first-order chi connectivity index (χ1) is 8.06. The molecular formula is C13H17NO3. The Kier molecular flexibility index (Phi) is 4.84. The van der Waals surface area contributed by atoms with E-state index in [1.165, 1.54) is 0 Å². The van der Waals surface area contributed by atoms with Crippen LogP contribution in [0.4, 0.5) is 0 Å². The number of pyridine rings is 1. The Bertz CT molecular complexity index is 422. The number of carbonyl (C=O) groups is 1. The van der Waals surface area contributed by atoms with E-state index in [0.717, 1.165) is 11.1 Å². The summed E-state index contributed by atoms with van der Waals surface area (Å²) in [6.07, 6.45) is 2.08. The standard InChI is InChI=1S/C13H17NO3/c1-4-17-13(16)12(15)11-10(8-9(2)3)6-5-7-14-11/h5-8,12,15H,4H2,1-3H3. The van der Waals surface area contributed by atoms with E-state index in [2.05, 4.69) is 4.98 Å². The molecule has 0 saturated carbocycles. The molecule has 1 aromatic heterocycles. The SMILES string of the molecule is CCOC(=O)C(O)c1ncccc1C=C(C)C. The van der Waals surface area contributed by atoms with Crippen LogP contribution in [0.5, 0.6) is 0 Å². The third-order valence-electron chi connectivity index (χ3n) is 2.08. The van der Waals surface area contributed by atoms with Crippen LogP contribution in [0.1, 0.15) is 38.1 Å². The van der Waals surface area contributed by atoms with Crippen molar-refractivity contribution >= 4 is 12.0 Å². The van der Waals surface area contributed by atoms with Crippen molar-refractivity contribution in [2.75, 3.05) is 6.61 Å². The summed E-state index contributed by atoms with van der Waals surface area (Å²) < 4.78 is 4.77. The van der Waals surface area contributed by atoms with E-state index in [1.807, 2.05) is 19.9 Å². The van der Waals surface area contributed by atoms with Gasteiger partial charge in [-0.25, -0.2) is 4.79 Å². The van der Waals surface area contributed by atoms with Gasteiger partial charge in [-0.3, -0.25) is 4.98 Å². The molecule has 4 nitrogen and oxygen atoms in total. The van der Waals surface area contributed by atoms with Gasteiger partial charge in [-0.2, -0.15) is 0 Å². The third kappa shape index (κ3) is 3.67. The van der Waals surface area contributed by atoms with Crippen molar-refractivity contribution in [2.24, 2.45) is 0 Å². The van der Waals surface area contributed by atoms with E-state index in [1.54, 1.807) is 25.3 Å². The van der Waals surface area contributed by atoms with E-state index < -0.39 is 12.1 Å². The van der Waals surface area contributed by atoms with Gasteiger partial charge in [0, 0.05) is 6.20 Å². The van der Waals surface area contributed by atoms with Crippen molar-refractivity contribution in [3.8, 4) is 0 Å². The van der Waals surface area contributed by atoms with Crippen LogP contribution in [-0.2, 0) is 9.53 Å². The maximum absolute atomic E-state index is 11.4. The van der Waals surface area contributed by atoms with Crippen molar-refractivity contribution in [1.82, 2.24) is 4.98 Å². The predicted octanol–water partition coefficient (Wildman–Crippen LogP) is 2.10. The summed E-state index contributed by atoms with van der Waals surface area (Å²) >= 11 is 0. The van der Waals surface area contributed by atoms with Crippen LogP contribution in [-0.4, -0.2) is 22.7 Å². The molecule has 0 aromatic carbocycles. The highest BCUT2D eigenvalue weighted by Gasteiger charge is 2.22. The van der Waals surface area contributed by atoms with Crippen molar-refractivity contribution in [3.63, 3.8) is 0 Å². The molecule has 0 fully saturated rings. The van der Waals surface area contributed by atoms with Gasteiger partial charge in [0.05, 0.1) is 12.3 Å². The van der Waals surface area contributed by atoms with E-state index in [9.17, 15) is 9.90 Å². The number of hydrogen-bond acceptors (Lipinski definition) is 4. The quantitative estimate of drug-likeness (QED) is 0.812. The van der Waals surface area contributed by atoms with Crippen molar-refractivity contribution in [2.45, 2.75) is 26.9 Å². The van der Waals surface area contributed by atoms with Gasteiger partial charge in [-0.05, 0) is 32.4 Å². The largest absolute Gasteiger partial charge is 0.464 e. The minimum atomic E-state index is -1.33. The molecule has 0 bridgehead atoms. The molecule has 0 aliphatic rings.